The highest BCUT2D eigenvalue weighted by molar-refractivity contribution is 9.10. The molecule has 88 valence electrons. The lowest BCUT2D eigenvalue weighted by Gasteiger charge is -2.19. The van der Waals surface area contributed by atoms with E-state index in [0.717, 1.165) is 29.4 Å². The zero-order valence-corrected chi connectivity index (χ0v) is 11.6. The Bertz CT molecular complexity index is 400. The third-order valence-corrected chi connectivity index (χ3v) is 4.63. The van der Waals surface area contributed by atoms with Gasteiger partial charge in [-0.15, -0.1) is 0 Å². The van der Waals surface area contributed by atoms with Crippen molar-refractivity contribution in [1.29, 1.82) is 0 Å². The number of benzene rings is 1. The Hall–Kier alpha value is 0.0400. The topological polar surface area (TPSA) is 32.3 Å². The quantitative estimate of drug-likeness (QED) is 0.803. The fourth-order valence-corrected chi connectivity index (χ4v) is 2.77. The second-order valence-corrected chi connectivity index (χ2v) is 5.58. The molecule has 1 fully saturated rings. The Morgan fingerprint density at radius 2 is 2.00 bits per heavy atom. The Morgan fingerprint density at radius 1 is 1.25 bits per heavy atom. The van der Waals surface area contributed by atoms with Crippen molar-refractivity contribution in [3.05, 3.63) is 26.7 Å². The normalized spacial score (nSPS) is 24.8. The lowest BCUT2D eigenvalue weighted by molar-refractivity contribution is 0.172. The first-order valence-corrected chi connectivity index (χ1v) is 6.72. The smallest absolute Gasteiger partial charge is 0.0835 e. The van der Waals surface area contributed by atoms with Crippen molar-refractivity contribution in [2.24, 2.45) is 0 Å². The van der Waals surface area contributed by atoms with Crippen LogP contribution in [0.4, 0.5) is 5.69 Å². The lowest BCUT2D eigenvalue weighted by atomic mass is 10.2. The van der Waals surface area contributed by atoms with E-state index in [4.69, 9.17) is 23.2 Å². The Morgan fingerprint density at radius 3 is 2.62 bits per heavy atom. The van der Waals surface area contributed by atoms with Gasteiger partial charge in [0.1, 0.15) is 0 Å². The maximum Gasteiger partial charge on any atom is 0.0835 e. The third kappa shape index (κ3) is 2.48. The summed E-state index contributed by atoms with van der Waals surface area (Å²) in [6.07, 6.45) is 2.56. The van der Waals surface area contributed by atoms with E-state index in [1.54, 1.807) is 0 Å². The van der Waals surface area contributed by atoms with Crippen LogP contribution in [0, 0.1) is 0 Å². The lowest BCUT2D eigenvalue weighted by Crippen LogP contribution is -2.28. The van der Waals surface area contributed by atoms with Gasteiger partial charge < -0.3 is 10.4 Å². The van der Waals surface area contributed by atoms with Gasteiger partial charge in [-0.2, -0.15) is 0 Å². The number of nitrogens with one attached hydrogen (secondary N) is 1. The van der Waals surface area contributed by atoms with Crippen molar-refractivity contribution in [2.75, 3.05) is 5.32 Å². The number of anilines is 1. The van der Waals surface area contributed by atoms with Gasteiger partial charge in [0, 0.05) is 4.47 Å². The zero-order valence-electron chi connectivity index (χ0n) is 8.51. The van der Waals surface area contributed by atoms with E-state index in [0.29, 0.717) is 10.0 Å². The van der Waals surface area contributed by atoms with Gasteiger partial charge in [-0.25, -0.2) is 0 Å². The van der Waals surface area contributed by atoms with Crippen molar-refractivity contribution in [1.82, 2.24) is 0 Å². The molecular weight excluding hydrogens is 313 g/mol. The molecule has 0 bridgehead atoms. The van der Waals surface area contributed by atoms with Gasteiger partial charge in [0.25, 0.3) is 0 Å². The maximum absolute atomic E-state index is 9.72. The van der Waals surface area contributed by atoms with Gasteiger partial charge >= 0.3 is 0 Å². The molecule has 1 aromatic carbocycles. The average molecular weight is 325 g/mol. The van der Waals surface area contributed by atoms with E-state index in [2.05, 4.69) is 21.2 Å². The minimum Gasteiger partial charge on any atom is -0.391 e. The van der Waals surface area contributed by atoms with Crippen LogP contribution in [0.1, 0.15) is 19.3 Å². The summed E-state index contributed by atoms with van der Waals surface area (Å²) in [6, 6.07) is 3.79. The monoisotopic (exact) mass is 323 g/mol. The van der Waals surface area contributed by atoms with Gasteiger partial charge in [0.2, 0.25) is 0 Å². The second kappa shape index (κ2) is 5.13. The molecule has 1 aromatic rings. The molecular formula is C11H12BrCl2NO. The van der Waals surface area contributed by atoms with E-state index < -0.39 is 0 Å². The Labute approximate surface area is 113 Å². The predicted octanol–water partition coefficient (Wildman–Crippen LogP) is 4.08. The van der Waals surface area contributed by atoms with Crippen LogP contribution in [0.2, 0.25) is 10.0 Å². The first-order valence-electron chi connectivity index (χ1n) is 5.17. The van der Waals surface area contributed by atoms with Gasteiger partial charge in [-0.3, -0.25) is 0 Å². The van der Waals surface area contributed by atoms with Crippen LogP contribution >= 0.6 is 39.1 Å². The van der Waals surface area contributed by atoms with Gasteiger partial charge in [-0.1, -0.05) is 23.2 Å². The minimum atomic E-state index is -0.293. The molecule has 2 nitrogen and oxygen atoms in total. The van der Waals surface area contributed by atoms with Crippen LogP contribution < -0.4 is 5.32 Å². The van der Waals surface area contributed by atoms with Crippen molar-refractivity contribution in [3.8, 4) is 0 Å². The molecule has 1 aliphatic carbocycles. The zero-order chi connectivity index (χ0) is 11.7. The molecule has 0 heterocycles. The van der Waals surface area contributed by atoms with Crippen molar-refractivity contribution >= 4 is 44.8 Å². The molecule has 1 saturated carbocycles. The number of rotatable bonds is 2. The highest BCUT2D eigenvalue weighted by Gasteiger charge is 2.25. The van der Waals surface area contributed by atoms with Crippen LogP contribution in [-0.4, -0.2) is 17.3 Å². The summed E-state index contributed by atoms with van der Waals surface area (Å²) in [7, 11) is 0. The van der Waals surface area contributed by atoms with E-state index in [9.17, 15) is 5.11 Å². The molecule has 16 heavy (non-hydrogen) atoms. The van der Waals surface area contributed by atoms with Gasteiger partial charge in [0.05, 0.1) is 27.9 Å². The van der Waals surface area contributed by atoms with Crippen molar-refractivity contribution in [2.45, 2.75) is 31.4 Å². The minimum absolute atomic E-state index is 0.0785. The molecule has 0 unspecified atom stereocenters. The van der Waals surface area contributed by atoms with E-state index in [1.807, 2.05) is 12.1 Å². The van der Waals surface area contributed by atoms with Crippen LogP contribution in [0.5, 0.6) is 0 Å². The predicted molar refractivity (Wildman–Crippen MR) is 71.4 cm³/mol. The van der Waals surface area contributed by atoms with E-state index in [-0.39, 0.29) is 12.1 Å². The first kappa shape index (κ1) is 12.5. The van der Waals surface area contributed by atoms with Crippen molar-refractivity contribution < 1.29 is 5.11 Å². The molecule has 0 spiro atoms. The SMILES string of the molecule is O[C@H]1CCC[C@@H]1Nc1ccc(Br)c(Cl)c1Cl. The summed E-state index contributed by atoms with van der Waals surface area (Å²) < 4.78 is 0.775. The molecule has 0 amide bonds. The molecule has 0 aliphatic heterocycles. The van der Waals surface area contributed by atoms with Crippen LogP contribution in [0.25, 0.3) is 0 Å². The second-order valence-electron chi connectivity index (χ2n) is 3.97. The van der Waals surface area contributed by atoms with Crippen LogP contribution in [0.3, 0.4) is 0 Å². The molecule has 5 heteroatoms. The largest absolute Gasteiger partial charge is 0.391 e. The van der Waals surface area contributed by atoms with Crippen molar-refractivity contribution in [3.63, 3.8) is 0 Å². The molecule has 2 N–H and O–H groups in total. The highest BCUT2D eigenvalue weighted by Crippen LogP contribution is 2.37. The summed E-state index contributed by atoms with van der Waals surface area (Å²) in [5, 5.41) is 14.0. The van der Waals surface area contributed by atoms with E-state index >= 15 is 0 Å². The standard InChI is InChI=1S/C11H12BrCl2NO/c12-6-4-5-8(11(14)10(6)13)15-7-2-1-3-9(7)16/h4-5,7,9,15-16H,1-3H2/t7-,9-/m0/s1. The number of hydrogen-bond acceptors (Lipinski definition) is 2. The fraction of sp³-hybridized carbons (Fsp3) is 0.455. The highest BCUT2D eigenvalue weighted by atomic mass is 79.9. The van der Waals surface area contributed by atoms with Gasteiger partial charge in [-0.05, 0) is 47.3 Å². The summed E-state index contributed by atoms with van der Waals surface area (Å²) in [4.78, 5) is 0. The number of hydrogen-bond donors (Lipinski definition) is 2. The summed E-state index contributed by atoms with van der Waals surface area (Å²) in [5.74, 6) is 0. The number of aliphatic hydroxyl groups excluding tert-OH is 1. The number of aliphatic hydroxyl groups is 1. The fourth-order valence-electron chi connectivity index (χ4n) is 1.95. The third-order valence-electron chi connectivity index (χ3n) is 2.86. The maximum atomic E-state index is 9.72. The van der Waals surface area contributed by atoms with Crippen LogP contribution in [-0.2, 0) is 0 Å². The Balaban J connectivity index is 2.18. The molecule has 0 saturated heterocycles. The molecule has 1 aliphatic rings. The Kier molecular flexibility index (Phi) is 4.01. The molecule has 2 rings (SSSR count). The molecule has 0 aromatic heterocycles. The average Bonchev–Trinajstić information content (AvgIpc) is 2.65. The summed E-state index contributed by atoms with van der Waals surface area (Å²) >= 11 is 15.5. The number of halogens is 3. The first-order chi connectivity index (χ1) is 7.59. The molecule has 0 radical (unpaired) electrons. The van der Waals surface area contributed by atoms with E-state index in [1.165, 1.54) is 0 Å². The van der Waals surface area contributed by atoms with Crippen LogP contribution in [0.15, 0.2) is 16.6 Å². The molecule has 2 atom stereocenters. The van der Waals surface area contributed by atoms with Gasteiger partial charge in [0.15, 0.2) is 0 Å². The summed E-state index contributed by atoms with van der Waals surface area (Å²) in [6.45, 7) is 0. The summed E-state index contributed by atoms with van der Waals surface area (Å²) in [5.41, 5.74) is 0.779.